The largest absolute Gasteiger partial charge is 0.484 e. The molecule has 0 saturated carbocycles. The van der Waals surface area contributed by atoms with Gasteiger partial charge in [-0.3, -0.25) is 0 Å². The van der Waals surface area contributed by atoms with E-state index in [2.05, 4.69) is 9.98 Å². The van der Waals surface area contributed by atoms with Crippen LogP contribution in [0.4, 0.5) is 0 Å². The lowest BCUT2D eigenvalue weighted by Gasteiger charge is -2.23. The number of hydrogen-bond donors (Lipinski definition) is 0. The lowest BCUT2D eigenvalue weighted by Crippen LogP contribution is -2.25. The molecule has 2 rings (SSSR count). The number of nitriles is 2. The number of ether oxygens (including phenoxy) is 2. The summed E-state index contributed by atoms with van der Waals surface area (Å²) < 4.78 is 10.7. The SMILES string of the molecule is N#CN=C1C=CC(=NC#N)C2=C1OCCO2. The van der Waals surface area contributed by atoms with Crippen LogP contribution in [-0.4, -0.2) is 24.6 Å². The lowest BCUT2D eigenvalue weighted by atomic mass is 10.1. The Balaban J connectivity index is 2.49. The van der Waals surface area contributed by atoms with Crippen LogP contribution in [-0.2, 0) is 9.47 Å². The van der Waals surface area contributed by atoms with Gasteiger partial charge in [-0.15, -0.1) is 0 Å². The van der Waals surface area contributed by atoms with Gasteiger partial charge in [-0.05, 0) is 12.2 Å². The predicted molar refractivity (Wildman–Crippen MR) is 54.2 cm³/mol. The van der Waals surface area contributed by atoms with Crippen molar-refractivity contribution < 1.29 is 9.47 Å². The number of hydrogen-bond acceptors (Lipinski definition) is 6. The number of aliphatic imine (C=N–C) groups is 2. The van der Waals surface area contributed by atoms with E-state index in [9.17, 15) is 0 Å². The van der Waals surface area contributed by atoms with E-state index in [1.807, 2.05) is 0 Å². The van der Waals surface area contributed by atoms with Gasteiger partial charge in [-0.25, -0.2) is 0 Å². The maximum absolute atomic E-state index is 8.51. The van der Waals surface area contributed by atoms with Gasteiger partial charge >= 0.3 is 0 Å². The molecule has 0 saturated heterocycles. The van der Waals surface area contributed by atoms with Crippen molar-refractivity contribution in [2.24, 2.45) is 9.98 Å². The van der Waals surface area contributed by atoms with Crippen molar-refractivity contribution in [2.45, 2.75) is 0 Å². The minimum atomic E-state index is 0.365. The van der Waals surface area contributed by atoms with Crippen LogP contribution in [0.2, 0.25) is 0 Å². The molecule has 0 fully saturated rings. The Labute approximate surface area is 91.4 Å². The van der Waals surface area contributed by atoms with Crippen molar-refractivity contribution in [2.75, 3.05) is 13.2 Å². The highest BCUT2D eigenvalue weighted by atomic mass is 16.6. The van der Waals surface area contributed by atoms with Crippen molar-refractivity contribution in [3.63, 3.8) is 0 Å². The molecule has 1 aliphatic heterocycles. The van der Waals surface area contributed by atoms with Crippen LogP contribution in [0.3, 0.4) is 0 Å². The van der Waals surface area contributed by atoms with E-state index in [-0.39, 0.29) is 0 Å². The molecule has 0 amide bonds. The first-order valence-electron chi connectivity index (χ1n) is 4.49. The molecule has 78 valence electrons. The van der Waals surface area contributed by atoms with Gasteiger partial charge < -0.3 is 9.47 Å². The van der Waals surface area contributed by atoms with Crippen LogP contribution in [0.15, 0.2) is 33.7 Å². The lowest BCUT2D eigenvalue weighted by molar-refractivity contribution is 0.0849. The fourth-order valence-corrected chi connectivity index (χ4v) is 1.39. The zero-order chi connectivity index (χ0) is 11.4. The molecule has 1 aliphatic carbocycles. The summed E-state index contributed by atoms with van der Waals surface area (Å²) in [5.74, 6) is 0.730. The predicted octanol–water partition coefficient (Wildman–Crippen LogP) is 0.659. The minimum Gasteiger partial charge on any atom is -0.484 e. The van der Waals surface area contributed by atoms with E-state index in [1.165, 1.54) is 0 Å². The fraction of sp³-hybridized carbons (Fsp3) is 0.200. The Hall–Kier alpha value is -2.60. The van der Waals surface area contributed by atoms with Gasteiger partial charge in [-0.1, -0.05) is 0 Å². The molecule has 6 nitrogen and oxygen atoms in total. The van der Waals surface area contributed by atoms with Crippen molar-refractivity contribution in [1.82, 2.24) is 0 Å². The van der Waals surface area contributed by atoms with Crippen LogP contribution < -0.4 is 0 Å². The van der Waals surface area contributed by atoms with Crippen molar-refractivity contribution in [3.8, 4) is 12.4 Å². The van der Waals surface area contributed by atoms with E-state index in [0.717, 1.165) is 0 Å². The molecule has 0 unspecified atom stereocenters. The molecule has 0 bridgehead atoms. The van der Waals surface area contributed by atoms with Crippen LogP contribution in [0.25, 0.3) is 0 Å². The fourth-order valence-electron chi connectivity index (χ4n) is 1.39. The molecular formula is C10H6N4O2. The van der Waals surface area contributed by atoms with Gasteiger partial charge in [0.25, 0.3) is 0 Å². The molecule has 0 aromatic rings. The minimum absolute atomic E-state index is 0.365. The van der Waals surface area contributed by atoms with Crippen molar-refractivity contribution in [3.05, 3.63) is 23.7 Å². The first kappa shape index (κ1) is 9.94. The summed E-state index contributed by atoms with van der Waals surface area (Å²) in [6.07, 6.45) is 6.48. The van der Waals surface area contributed by atoms with Gasteiger partial charge in [0.1, 0.15) is 24.6 Å². The molecule has 6 heteroatoms. The highest BCUT2D eigenvalue weighted by Gasteiger charge is 2.26. The van der Waals surface area contributed by atoms with Crippen LogP contribution in [0.1, 0.15) is 0 Å². The highest BCUT2D eigenvalue weighted by Crippen LogP contribution is 2.22. The van der Waals surface area contributed by atoms with Gasteiger partial charge in [0.05, 0.1) is 0 Å². The number of allylic oxidation sites excluding steroid dienone is 2. The summed E-state index contributed by atoms with van der Waals surface area (Å²) in [7, 11) is 0. The Kier molecular flexibility index (Phi) is 2.66. The van der Waals surface area contributed by atoms with Gasteiger partial charge in [0, 0.05) is 0 Å². The molecule has 0 radical (unpaired) electrons. The second kappa shape index (κ2) is 4.28. The maximum atomic E-state index is 8.51. The molecule has 2 aliphatic rings. The third kappa shape index (κ3) is 1.64. The zero-order valence-corrected chi connectivity index (χ0v) is 8.17. The monoisotopic (exact) mass is 214 g/mol. The number of rotatable bonds is 0. The van der Waals surface area contributed by atoms with E-state index in [4.69, 9.17) is 20.0 Å². The molecule has 0 spiro atoms. The first-order valence-corrected chi connectivity index (χ1v) is 4.49. The highest BCUT2D eigenvalue weighted by molar-refractivity contribution is 6.22. The third-order valence-electron chi connectivity index (χ3n) is 1.99. The van der Waals surface area contributed by atoms with Crippen LogP contribution in [0.5, 0.6) is 0 Å². The molecule has 0 aromatic heterocycles. The van der Waals surface area contributed by atoms with Gasteiger partial charge in [-0.2, -0.15) is 20.5 Å². The Morgan fingerprint density at radius 2 is 1.38 bits per heavy atom. The Morgan fingerprint density at radius 3 is 1.75 bits per heavy atom. The summed E-state index contributed by atoms with van der Waals surface area (Å²) >= 11 is 0. The summed E-state index contributed by atoms with van der Waals surface area (Å²) in [6.45, 7) is 0.772. The normalized spacial score (nSPS) is 23.1. The zero-order valence-electron chi connectivity index (χ0n) is 8.17. The van der Waals surface area contributed by atoms with E-state index >= 15 is 0 Å². The van der Waals surface area contributed by atoms with E-state index in [0.29, 0.717) is 36.2 Å². The molecule has 16 heavy (non-hydrogen) atoms. The topological polar surface area (TPSA) is 90.8 Å². The smallest absolute Gasteiger partial charge is 0.206 e. The van der Waals surface area contributed by atoms with Gasteiger partial charge in [0.2, 0.25) is 12.4 Å². The van der Waals surface area contributed by atoms with Crippen LogP contribution >= 0.6 is 0 Å². The average molecular weight is 214 g/mol. The average Bonchev–Trinajstić information content (AvgIpc) is 2.33. The molecular weight excluding hydrogens is 208 g/mol. The third-order valence-corrected chi connectivity index (χ3v) is 1.99. The Morgan fingerprint density at radius 1 is 0.938 bits per heavy atom. The molecule has 0 aromatic carbocycles. The molecule has 0 N–H and O–H groups in total. The van der Waals surface area contributed by atoms with Crippen molar-refractivity contribution in [1.29, 1.82) is 10.5 Å². The summed E-state index contributed by atoms with van der Waals surface area (Å²) in [5, 5.41) is 17.0. The second-order valence-electron chi connectivity index (χ2n) is 2.88. The first-order chi connectivity index (χ1) is 7.86. The van der Waals surface area contributed by atoms with Crippen LogP contribution in [0, 0.1) is 22.9 Å². The number of nitrogens with zero attached hydrogens (tertiary/aromatic N) is 4. The summed E-state index contributed by atoms with van der Waals surface area (Å²) in [5.41, 5.74) is 0.767. The Bertz CT molecular complexity index is 468. The van der Waals surface area contributed by atoms with Gasteiger partial charge in [0.15, 0.2) is 11.5 Å². The summed E-state index contributed by atoms with van der Waals surface area (Å²) in [6, 6.07) is 0. The van der Waals surface area contributed by atoms with E-state index in [1.54, 1.807) is 24.5 Å². The van der Waals surface area contributed by atoms with E-state index < -0.39 is 0 Å². The quantitative estimate of drug-likeness (QED) is 0.437. The molecule has 0 atom stereocenters. The maximum Gasteiger partial charge on any atom is 0.206 e. The second-order valence-corrected chi connectivity index (χ2v) is 2.88. The summed E-state index contributed by atoms with van der Waals surface area (Å²) in [4.78, 5) is 7.19. The standard InChI is InChI=1S/C10H6N4O2/c11-5-13-7-1-2-8(14-6-12)10-9(7)15-3-4-16-10/h1-2H,3-4H2. The molecule has 1 heterocycles. The van der Waals surface area contributed by atoms with Crippen molar-refractivity contribution >= 4 is 11.4 Å².